The Morgan fingerprint density at radius 3 is 2.58 bits per heavy atom. The zero-order valence-corrected chi connectivity index (χ0v) is 13.4. The van der Waals surface area contributed by atoms with E-state index < -0.39 is 0 Å². The third-order valence-electron chi connectivity index (χ3n) is 4.46. The second-order valence-corrected chi connectivity index (χ2v) is 6.17. The van der Waals surface area contributed by atoms with E-state index in [9.17, 15) is 5.11 Å². The van der Waals surface area contributed by atoms with Crippen molar-refractivity contribution < 1.29 is 13.9 Å². The highest BCUT2D eigenvalue weighted by atomic mass is 16.3. The van der Waals surface area contributed by atoms with E-state index in [0.29, 0.717) is 23.2 Å². The summed E-state index contributed by atoms with van der Waals surface area (Å²) in [5.41, 5.74) is 1.50. The van der Waals surface area contributed by atoms with Crippen molar-refractivity contribution in [3.8, 4) is 22.8 Å². The molecule has 6 heteroatoms. The van der Waals surface area contributed by atoms with E-state index in [1.807, 2.05) is 31.2 Å². The van der Waals surface area contributed by atoms with Crippen LogP contribution >= 0.6 is 0 Å². The molecule has 124 valence electrons. The van der Waals surface area contributed by atoms with Crippen molar-refractivity contribution in [3.05, 3.63) is 43.0 Å². The summed E-state index contributed by atoms with van der Waals surface area (Å²) in [6.45, 7) is 3.52. The summed E-state index contributed by atoms with van der Waals surface area (Å²) >= 11 is 0. The Bertz CT molecular complexity index is 799. The lowest BCUT2D eigenvalue weighted by Gasteiger charge is -2.34. The molecule has 1 N–H and O–H groups in total. The molecular weight excluding hydrogens is 306 g/mol. The van der Waals surface area contributed by atoms with E-state index >= 15 is 0 Å². The molecule has 1 aliphatic heterocycles. The van der Waals surface area contributed by atoms with Crippen molar-refractivity contribution in [3.63, 3.8) is 0 Å². The Kier molecular flexibility index (Phi) is 3.82. The molecule has 3 aromatic heterocycles. The van der Waals surface area contributed by atoms with E-state index in [2.05, 4.69) is 9.88 Å². The SMILES string of the molecule is C[C@H]1CN(c2ncc(-c3ccco3)c(-c3ccco3)n2)CC[C@@H]1O. The van der Waals surface area contributed by atoms with Gasteiger partial charge in [0.15, 0.2) is 5.76 Å². The van der Waals surface area contributed by atoms with Crippen LogP contribution in [0.25, 0.3) is 22.8 Å². The molecule has 0 aliphatic carbocycles. The standard InChI is InChI=1S/C18H19N3O3/c1-12-11-21(7-6-14(12)22)18-19-10-13(15-4-2-8-23-15)17(20-18)16-5-3-9-24-16/h2-5,8-10,12,14,22H,6-7,11H2,1H3/t12-,14-/m0/s1. The molecule has 0 radical (unpaired) electrons. The summed E-state index contributed by atoms with van der Waals surface area (Å²) in [6.07, 6.45) is 5.49. The summed E-state index contributed by atoms with van der Waals surface area (Å²) in [5, 5.41) is 9.92. The van der Waals surface area contributed by atoms with Gasteiger partial charge in [-0.3, -0.25) is 0 Å². The number of aliphatic hydroxyl groups is 1. The molecule has 4 rings (SSSR count). The van der Waals surface area contributed by atoms with Gasteiger partial charge in [0.25, 0.3) is 0 Å². The van der Waals surface area contributed by atoms with Crippen LogP contribution in [0.1, 0.15) is 13.3 Å². The molecule has 0 aromatic carbocycles. The zero-order chi connectivity index (χ0) is 16.5. The summed E-state index contributed by atoms with van der Waals surface area (Å²) in [4.78, 5) is 11.4. The maximum atomic E-state index is 9.92. The molecule has 0 saturated carbocycles. The number of anilines is 1. The molecule has 0 amide bonds. The Morgan fingerprint density at radius 2 is 1.92 bits per heavy atom. The number of hydrogen-bond donors (Lipinski definition) is 1. The number of hydrogen-bond acceptors (Lipinski definition) is 6. The fourth-order valence-corrected chi connectivity index (χ4v) is 3.05. The van der Waals surface area contributed by atoms with Crippen molar-refractivity contribution in [2.75, 3.05) is 18.0 Å². The molecule has 1 aliphatic rings. The second kappa shape index (κ2) is 6.13. The van der Waals surface area contributed by atoms with Gasteiger partial charge in [0.1, 0.15) is 11.5 Å². The van der Waals surface area contributed by atoms with Crippen molar-refractivity contribution in [2.45, 2.75) is 19.4 Å². The van der Waals surface area contributed by atoms with E-state index in [1.54, 1.807) is 18.7 Å². The summed E-state index contributed by atoms with van der Waals surface area (Å²) in [7, 11) is 0. The first-order valence-electron chi connectivity index (χ1n) is 8.10. The lowest BCUT2D eigenvalue weighted by molar-refractivity contribution is 0.0966. The van der Waals surface area contributed by atoms with Crippen LogP contribution in [-0.2, 0) is 0 Å². The first-order chi connectivity index (χ1) is 11.7. The molecule has 1 saturated heterocycles. The molecular formula is C18H19N3O3. The zero-order valence-electron chi connectivity index (χ0n) is 13.4. The number of furan rings is 2. The molecule has 2 atom stereocenters. The number of nitrogens with zero attached hydrogens (tertiary/aromatic N) is 3. The number of aromatic nitrogens is 2. The highest BCUT2D eigenvalue weighted by Crippen LogP contribution is 2.32. The largest absolute Gasteiger partial charge is 0.464 e. The molecule has 24 heavy (non-hydrogen) atoms. The number of aliphatic hydroxyl groups excluding tert-OH is 1. The Morgan fingerprint density at radius 1 is 1.17 bits per heavy atom. The Hall–Kier alpha value is -2.60. The summed E-state index contributed by atoms with van der Waals surface area (Å²) in [6, 6.07) is 7.43. The van der Waals surface area contributed by atoms with Crippen molar-refractivity contribution in [1.82, 2.24) is 9.97 Å². The molecule has 0 spiro atoms. The maximum Gasteiger partial charge on any atom is 0.226 e. The summed E-state index contributed by atoms with van der Waals surface area (Å²) in [5.74, 6) is 2.22. The third-order valence-corrected chi connectivity index (χ3v) is 4.46. The Balaban J connectivity index is 1.74. The monoisotopic (exact) mass is 325 g/mol. The lowest BCUT2D eigenvalue weighted by Crippen LogP contribution is -2.42. The van der Waals surface area contributed by atoms with Crippen LogP contribution in [0.5, 0.6) is 0 Å². The molecule has 4 heterocycles. The maximum absolute atomic E-state index is 9.92. The molecule has 6 nitrogen and oxygen atoms in total. The van der Waals surface area contributed by atoms with Gasteiger partial charge < -0.3 is 18.8 Å². The minimum absolute atomic E-state index is 0.194. The highest BCUT2D eigenvalue weighted by molar-refractivity contribution is 5.75. The van der Waals surface area contributed by atoms with Crippen molar-refractivity contribution in [1.29, 1.82) is 0 Å². The average Bonchev–Trinajstić information content (AvgIpc) is 3.30. The third kappa shape index (κ3) is 2.69. The van der Waals surface area contributed by atoms with Crippen molar-refractivity contribution in [2.24, 2.45) is 5.92 Å². The van der Waals surface area contributed by atoms with Gasteiger partial charge in [0, 0.05) is 19.3 Å². The fourth-order valence-electron chi connectivity index (χ4n) is 3.05. The fraction of sp³-hybridized carbons (Fsp3) is 0.333. The number of piperidine rings is 1. The van der Waals surface area contributed by atoms with Crippen LogP contribution in [0.2, 0.25) is 0 Å². The molecule has 0 bridgehead atoms. The summed E-state index contributed by atoms with van der Waals surface area (Å²) < 4.78 is 11.1. The van der Waals surface area contributed by atoms with Crippen LogP contribution in [-0.4, -0.2) is 34.3 Å². The Labute approximate surface area is 139 Å². The van der Waals surface area contributed by atoms with Crippen molar-refractivity contribution >= 4 is 5.95 Å². The molecule has 0 unspecified atom stereocenters. The lowest BCUT2D eigenvalue weighted by atomic mass is 9.97. The van der Waals surface area contributed by atoms with Crippen LogP contribution in [0.3, 0.4) is 0 Å². The van der Waals surface area contributed by atoms with Gasteiger partial charge in [-0.2, -0.15) is 0 Å². The van der Waals surface area contributed by atoms with Crippen LogP contribution < -0.4 is 4.90 Å². The van der Waals surface area contributed by atoms with E-state index in [-0.39, 0.29) is 12.0 Å². The van der Waals surface area contributed by atoms with Gasteiger partial charge in [0.2, 0.25) is 5.95 Å². The molecule has 1 fully saturated rings. The van der Waals surface area contributed by atoms with Gasteiger partial charge in [-0.05, 0) is 36.6 Å². The minimum atomic E-state index is -0.256. The smallest absolute Gasteiger partial charge is 0.226 e. The van der Waals surface area contributed by atoms with Gasteiger partial charge in [0.05, 0.1) is 24.2 Å². The van der Waals surface area contributed by atoms with E-state index in [1.165, 1.54) is 0 Å². The number of rotatable bonds is 3. The molecule has 3 aromatic rings. The van der Waals surface area contributed by atoms with E-state index in [4.69, 9.17) is 13.8 Å². The van der Waals surface area contributed by atoms with Gasteiger partial charge in [-0.1, -0.05) is 6.92 Å². The van der Waals surface area contributed by atoms with Crippen LogP contribution in [0.4, 0.5) is 5.95 Å². The topological polar surface area (TPSA) is 75.5 Å². The predicted octanol–water partition coefficient (Wildman–Crippen LogP) is 3.20. The first kappa shape index (κ1) is 15.0. The van der Waals surface area contributed by atoms with Gasteiger partial charge in [-0.25, -0.2) is 9.97 Å². The second-order valence-electron chi connectivity index (χ2n) is 6.17. The predicted molar refractivity (Wildman–Crippen MR) is 89.4 cm³/mol. The average molecular weight is 325 g/mol. The normalized spacial score (nSPS) is 21.2. The first-order valence-corrected chi connectivity index (χ1v) is 8.10. The quantitative estimate of drug-likeness (QED) is 0.797. The van der Waals surface area contributed by atoms with Gasteiger partial charge >= 0.3 is 0 Å². The minimum Gasteiger partial charge on any atom is -0.464 e. The van der Waals surface area contributed by atoms with Crippen LogP contribution in [0, 0.1) is 5.92 Å². The van der Waals surface area contributed by atoms with E-state index in [0.717, 1.165) is 25.1 Å². The van der Waals surface area contributed by atoms with Gasteiger partial charge in [-0.15, -0.1) is 0 Å². The van der Waals surface area contributed by atoms with Crippen LogP contribution in [0.15, 0.2) is 51.8 Å². The highest BCUT2D eigenvalue weighted by Gasteiger charge is 2.26.